The summed E-state index contributed by atoms with van der Waals surface area (Å²) in [6, 6.07) is 0.278. The third-order valence-electron chi connectivity index (χ3n) is 3.57. The molecule has 1 aromatic heterocycles. The van der Waals surface area contributed by atoms with Gasteiger partial charge in [-0.3, -0.25) is 9.48 Å². The van der Waals surface area contributed by atoms with Crippen molar-refractivity contribution in [1.29, 1.82) is 0 Å². The first-order chi connectivity index (χ1) is 8.61. The molecule has 1 saturated carbocycles. The number of nitrogens with zero attached hydrogens (tertiary/aromatic N) is 2. The third kappa shape index (κ3) is 2.80. The van der Waals surface area contributed by atoms with Gasteiger partial charge in [-0.1, -0.05) is 0 Å². The molecule has 0 spiro atoms. The summed E-state index contributed by atoms with van der Waals surface area (Å²) in [5.74, 6) is 0.318. The molecule has 1 heterocycles. The maximum absolute atomic E-state index is 12.0. The Balaban J connectivity index is 1.91. The highest BCUT2D eigenvalue weighted by Crippen LogP contribution is 2.27. The second-order valence-electron chi connectivity index (χ2n) is 4.75. The highest BCUT2D eigenvalue weighted by molar-refractivity contribution is 7.99. The van der Waals surface area contributed by atoms with Crippen LogP contribution in [0.15, 0.2) is 6.20 Å². The Morgan fingerprint density at radius 3 is 2.67 bits per heavy atom. The molecular formula is C12H20N4OS. The molecule has 1 aliphatic carbocycles. The van der Waals surface area contributed by atoms with Crippen molar-refractivity contribution in [3.05, 3.63) is 11.8 Å². The Kier molecular flexibility index (Phi) is 4.16. The number of thioether (sulfide) groups is 1. The molecule has 0 unspecified atom stereocenters. The van der Waals surface area contributed by atoms with Crippen molar-refractivity contribution in [2.45, 2.75) is 37.0 Å². The number of aromatic nitrogens is 2. The molecule has 2 rings (SSSR count). The van der Waals surface area contributed by atoms with Gasteiger partial charge in [-0.05, 0) is 31.9 Å². The van der Waals surface area contributed by atoms with Gasteiger partial charge in [0.1, 0.15) is 11.4 Å². The van der Waals surface area contributed by atoms with Crippen molar-refractivity contribution >= 4 is 23.5 Å². The SMILES string of the molecule is CSC1CCC(NC(=O)c2cnn(C)c2N)CC1. The lowest BCUT2D eigenvalue weighted by atomic mass is 9.95. The van der Waals surface area contributed by atoms with Gasteiger partial charge in [0.15, 0.2) is 0 Å². The summed E-state index contributed by atoms with van der Waals surface area (Å²) in [6.45, 7) is 0. The van der Waals surface area contributed by atoms with E-state index >= 15 is 0 Å². The minimum Gasteiger partial charge on any atom is -0.383 e. The van der Waals surface area contributed by atoms with Gasteiger partial charge < -0.3 is 11.1 Å². The first-order valence-electron chi connectivity index (χ1n) is 6.23. The summed E-state index contributed by atoms with van der Waals surface area (Å²) in [5, 5.41) is 7.79. The third-order valence-corrected chi connectivity index (χ3v) is 4.71. The summed E-state index contributed by atoms with van der Waals surface area (Å²) in [5.41, 5.74) is 6.26. The Morgan fingerprint density at radius 1 is 1.50 bits per heavy atom. The van der Waals surface area contributed by atoms with Crippen LogP contribution in [0.2, 0.25) is 0 Å². The molecule has 1 fully saturated rings. The summed E-state index contributed by atoms with van der Waals surface area (Å²) >= 11 is 1.92. The van der Waals surface area contributed by atoms with Gasteiger partial charge in [0.2, 0.25) is 0 Å². The van der Waals surface area contributed by atoms with E-state index in [1.807, 2.05) is 11.8 Å². The van der Waals surface area contributed by atoms with Gasteiger partial charge in [-0.25, -0.2) is 0 Å². The average Bonchev–Trinajstić information content (AvgIpc) is 2.71. The van der Waals surface area contributed by atoms with E-state index in [1.54, 1.807) is 7.05 Å². The zero-order valence-electron chi connectivity index (χ0n) is 10.8. The zero-order valence-corrected chi connectivity index (χ0v) is 11.7. The summed E-state index contributed by atoms with van der Waals surface area (Å²) in [6.07, 6.45) is 8.14. The number of nitrogens with two attached hydrogens (primary N) is 1. The smallest absolute Gasteiger partial charge is 0.256 e. The van der Waals surface area contributed by atoms with Crippen molar-refractivity contribution in [3.63, 3.8) is 0 Å². The molecular weight excluding hydrogens is 248 g/mol. The molecule has 1 amide bonds. The highest BCUT2D eigenvalue weighted by Gasteiger charge is 2.23. The predicted molar refractivity (Wildman–Crippen MR) is 74.6 cm³/mol. The minimum absolute atomic E-state index is 0.104. The van der Waals surface area contributed by atoms with Crippen molar-refractivity contribution in [3.8, 4) is 0 Å². The maximum Gasteiger partial charge on any atom is 0.256 e. The second kappa shape index (κ2) is 5.65. The molecule has 18 heavy (non-hydrogen) atoms. The number of amides is 1. The Bertz CT molecular complexity index is 424. The predicted octanol–water partition coefficient (Wildman–Crippen LogP) is 1.41. The van der Waals surface area contributed by atoms with E-state index < -0.39 is 0 Å². The van der Waals surface area contributed by atoms with E-state index in [2.05, 4.69) is 16.7 Å². The highest BCUT2D eigenvalue weighted by atomic mass is 32.2. The largest absolute Gasteiger partial charge is 0.383 e. The van der Waals surface area contributed by atoms with Crippen LogP contribution in [0, 0.1) is 0 Å². The van der Waals surface area contributed by atoms with E-state index in [1.165, 1.54) is 23.7 Å². The van der Waals surface area contributed by atoms with Crippen molar-refractivity contribution < 1.29 is 4.79 Å². The number of hydrogen-bond acceptors (Lipinski definition) is 4. The van der Waals surface area contributed by atoms with E-state index in [4.69, 9.17) is 5.73 Å². The van der Waals surface area contributed by atoms with Gasteiger partial charge in [0, 0.05) is 18.3 Å². The molecule has 6 heteroatoms. The van der Waals surface area contributed by atoms with Crippen LogP contribution < -0.4 is 11.1 Å². The van der Waals surface area contributed by atoms with Gasteiger partial charge in [0.25, 0.3) is 5.91 Å². The monoisotopic (exact) mass is 268 g/mol. The molecule has 100 valence electrons. The number of aryl methyl sites for hydroxylation is 1. The number of carbonyl (C=O) groups excluding carboxylic acids is 1. The number of hydrogen-bond donors (Lipinski definition) is 2. The van der Waals surface area contributed by atoms with Crippen LogP contribution in [0.3, 0.4) is 0 Å². The van der Waals surface area contributed by atoms with Crippen LogP contribution >= 0.6 is 11.8 Å². The average molecular weight is 268 g/mol. The Hall–Kier alpha value is -1.17. The molecule has 3 N–H and O–H groups in total. The molecule has 0 aromatic carbocycles. The maximum atomic E-state index is 12.0. The number of carbonyl (C=O) groups is 1. The van der Waals surface area contributed by atoms with Crippen LogP contribution in [0.4, 0.5) is 5.82 Å². The molecule has 0 bridgehead atoms. The Morgan fingerprint density at radius 2 is 2.17 bits per heavy atom. The van der Waals surface area contributed by atoms with Crippen LogP contribution in [-0.2, 0) is 7.05 Å². The van der Waals surface area contributed by atoms with Crippen LogP contribution in [-0.4, -0.2) is 33.2 Å². The zero-order chi connectivity index (χ0) is 13.1. The van der Waals surface area contributed by atoms with Gasteiger partial charge in [-0.15, -0.1) is 0 Å². The van der Waals surface area contributed by atoms with E-state index in [9.17, 15) is 4.79 Å². The minimum atomic E-state index is -0.104. The van der Waals surface area contributed by atoms with Gasteiger partial charge in [-0.2, -0.15) is 16.9 Å². The lowest BCUT2D eigenvalue weighted by Crippen LogP contribution is -2.38. The standard InChI is InChI=1S/C12H20N4OS/c1-16-11(13)10(7-14-16)12(17)15-8-3-5-9(18-2)6-4-8/h7-9H,3-6,13H2,1-2H3,(H,15,17). The van der Waals surface area contributed by atoms with Gasteiger partial charge >= 0.3 is 0 Å². The molecule has 0 atom stereocenters. The fourth-order valence-electron chi connectivity index (χ4n) is 2.33. The molecule has 5 nitrogen and oxygen atoms in total. The van der Waals surface area contributed by atoms with Crippen molar-refractivity contribution in [2.75, 3.05) is 12.0 Å². The molecule has 0 saturated heterocycles. The lowest BCUT2D eigenvalue weighted by Gasteiger charge is -2.27. The first kappa shape index (κ1) is 13.3. The fraction of sp³-hybridized carbons (Fsp3) is 0.667. The van der Waals surface area contributed by atoms with Crippen LogP contribution in [0.25, 0.3) is 0 Å². The number of anilines is 1. The topological polar surface area (TPSA) is 72.9 Å². The Labute approximate surface area is 111 Å². The molecule has 0 aliphatic heterocycles. The summed E-state index contributed by atoms with van der Waals surface area (Å²) in [7, 11) is 1.73. The van der Waals surface area contributed by atoms with Crippen LogP contribution in [0.1, 0.15) is 36.0 Å². The summed E-state index contributed by atoms with van der Waals surface area (Å²) < 4.78 is 1.51. The van der Waals surface area contributed by atoms with Crippen molar-refractivity contribution in [1.82, 2.24) is 15.1 Å². The molecule has 0 radical (unpaired) electrons. The molecule has 1 aliphatic rings. The number of rotatable bonds is 3. The van der Waals surface area contributed by atoms with Crippen LogP contribution in [0.5, 0.6) is 0 Å². The number of nitrogens with one attached hydrogen (secondary N) is 1. The van der Waals surface area contributed by atoms with Crippen molar-refractivity contribution in [2.24, 2.45) is 7.05 Å². The van der Waals surface area contributed by atoms with E-state index in [-0.39, 0.29) is 11.9 Å². The van der Waals surface area contributed by atoms with E-state index in [0.717, 1.165) is 18.1 Å². The second-order valence-corrected chi connectivity index (χ2v) is 5.89. The quantitative estimate of drug-likeness (QED) is 0.869. The fourth-order valence-corrected chi connectivity index (χ4v) is 3.07. The number of nitrogen functional groups attached to an aromatic ring is 1. The molecule has 1 aromatic rings. The summed E-state index contributed by atoms with van der Waals surface area (Å²) in [4.78, 5) is 12.0. The lowest BCUT2D eigenvalue weighted by molar-refractivity contribution is 0.0929. The van der Waals surface area contributed by atoms with E-state index in [0.29, 0.717) is 11.4 Å². The first-order valence-corrected chi connectivity index (χ1v) is 7.51. The normalized spacial score (nSPS) is 23.9. The van der Waals surface area contributed by atoms with Gasteiger partial charge in [0.05, 0.1) is 6.20 Å².